The molecule has 1 aromatic rings. The van der Waals surface area contributed by atoms with E-state index in [1.165, 1.54) is 24.2 Å². The van der Waals surface area contributed by atoms with Crippen molar-refractivity contribution in [1.29, 1.82) is 0 Å². The molecule has 2 aliphatic heterocycles. The molecular formula is C15H21NO2S. The normalized spacial score (nSPS) is 23.5. The van der Waals surface area contributed by atoms with Crippen molar-refractivity contribution in [3.05, 3.63) is 18.2 Å². The maximum Gasteiger partial charge on any atom is 0.162 e. The second-order valence-electron chi connectivity index (χ2n) is 5.10. The molecule has 3 rings (SSSR count). The summed E-state index contributed by atoms with van der Waals surface area (Å²) in [7, 11) is 0. The minimum atomic E-state index is 0.673. The fraction of sp³-hybridized carbons (Fsp3) is 0.600. The molecule has 0 bridgehead atoms. The van der Waals surface area contributed by atoms with Crippen molar-refractivity contribution >= 4 is 11.8 Å². The maximum atomic E-state index is 5.75. The lowest BCUT2D eigenvalue weighted by Crippen LogP contribution is -2.22. The molecule has 1 N–H and O–H groups in total. The van der Waals surface area contributed by atoms with E-state index in [-0.39, 0.29) is 0 Å². The first-order valence-corrected chi connectivity index (χ1v) is 8.07. The summed E-state index contributed by atoms with van der Waals surface area (Å²) >= 11 is 1.96. The van der Waals surface area contributed by atoms with Gasteiger partial charge >= 0.3 is 0 Å². The topological polar surface area (TPSA) is 30.5 Å². The first-order chi connectivity index (χ1) is 9.42. The molecule has 0 saturated carbocycles. The summed E-state index contributed by atoms with van der Waals surface area (Å²) in [5, 5.41) is 4.19. The van der Waals surface area contributed by atoms with Gasteiger partial charge in [0.2, 0.25) is 0 Å². The Balaban J connectivity index is 1.68. The van der Waals surface area contributed by atoms with Gasteiger partial charge in [0.15, 0.2) is 11.5 Å². The molecule has 2 aliphatic rings. The summed E-state index contributed by atoms with van der Waals surface area (Å²) in [5.41, 5.74) is 0. The molecule has 0 radical (unpaired) electrons. The lowest BCUT2D eigenvalue weighted by atomic mass is 10.2. The van der Waals surface area contributed by atoms with E-state index in [1.807, 2.05) is 17.8 Å². The number of fused-ring (bicyclic) bond motifs is 1. The van der Waals surface area contributed by atoms with E-state index in [9.17, 15) is 0 Å². The Bertz CT molecular complexity index is 417. The van der Waals surface area contributed by atoms with Gasteiger partial charge in [0.25, 0.3) is 0 Å². The monoisotopic (exact) mass is 279 g/mol. The third-order valence-corrected chi connectivity index (χ3v) is 4.79. The Kier molecular flexibility index (Phi) is 4.51. The molecule has 1 unspecified atom stereocenters. The smallest absolute Gasteiger partial charge is 0.162 e. The van der Waals surface area contributed by atoms with Crippen LogP contribution < -0.4 is 14.8 Å². The molecule has 1 atom stereocenters. The van der Waals surface area contributed by atoms with Gasteiger partial charge in [-0.3, -0.25) is 0 Å². The SMILES string of the molecule is c1cc2c(cc1SC1CCCCNC1)OCCCO2. The highest BCUT2D eigenvalue weighted by molar-refractivity contribution is 8.00. The van der Waals surface area contributed by atoms with Gasteiger partial charge in [0.05, 0.1) is 13.2 Å². The average molecular weight is 279 g/mol. The van der Waals surface area contributed by atoms with E-state index in [0.717, 1.165) is 44.2 Å². The van der Waals surface area contributed by atoms with Crippen LogP contribution in [-0.4, -0.2) is 31.6 Å². The van der Waals surface area contributed by atoms with Crippen molar-refractivity contribution in [1.82, 2.24) is 5.32 Å². The van der Waals surface area contributed by atoms with Crippen LogP contribution >= 0.6 is 11.8 Å². The summed E-state index contributed by atoms with van der Waals surface area (Å²) < 4.78 is 11.4. The van der Waals surface area contributed by atoms with Crippen molar-refractivity contribution in [2.24, 2.45) is 0 Å². The molecule has 4 heteroatoms. The predicted molar refractivity (Wildman–Crippen MR) is 78.4 cm³/mol. The summed E-state index contributed by atoms with van der Waals surface area (Å²) in [6.45, 7) is 3.79. The molecule has 0 aromatic heterocycles. The molecule has 1 saturated heterocycles. The highest BCUT2D eigenvalue weighted by Crippen LogP contribution is 2.36. The van der Waals surface area contributed by atoms with Gasteiger partial charge in [-0.05, 0) is 37.6 Å². The second-order valence-corrected chi connectivity index (χ2v) is 6.47. The fourth-order valence-electron chi connectivity index (χ4n) is 2.50. The van der Waals surface area contributed by atoms with Crippen LogP contribution in [-0.2, 0) is 0 Å². The van der Waals surface area contributed by atoms with E-state index in [4.69, 9.17) is 9.47 Å². The minimum Gasteiger partial charge on any atom is -0.490 e. The van der Waals surface area contributed by atoms with E-state index >= 15 is 0 Å². The third-order valence-electron chi connectivity index (χ3n) is 3.52. The second kappa shape index (κ2) is 6.53. The molecule has 104 valence electrons. The number of hydrogen-bond donors (Lipinski definition) is 1. The molecule has 0 aliphatic carbocycles. The standard InChI is InChI=1S/C15H21NO2S/c1-2-7-16-11-13(4-1)19-12-5-6-14-15(10-12)18-9-3-8-17-14/h5-6,10,13,16H,1-4,7-9,11H2. The first kappa shape index (κ1) is 13.1. The van der Waals surface area contributed by atoms with E-state index in [2.05, 4.69) is 17.4 Å². The average Bonchev–Trinajstić information content (AvgIpc) is 2.80. The van der Waals surface area contributed by atoms with Crippen molar-refractivity contribution in [3.8, 4) is 11.5 Å². The lowest BCUT2D eigenvalue weighted by molar-refractivity contribution is 0.297. The number of nitrogens with one attached hydrogen (secondary N) is 1. The van der Waals surface area contributed by atoms with Gasteiger partial charge in [-0.15, -0.1) is 11.8 Å². The molecule has 1 fully saturated rings. The molecule has 19 heavy (non-hydrogen) atoms. The first-order valence-electron chi connectivity index (χ1n) is 7.19. The molecule has 3 nitrogen and oxygen atoms in total. The Morgan fingerprint density at radius 3 is 2.89 bits per heavy atom. The lowest BCUT2D eigenvalue weighted by Gasteiger charge is -2.15. The van der Waals surface area contributed by atoms with Crippen molar-refractivity contribution in [3.63, 3.8) is 0 Å². The van der Waals surface area contributed by atoms with Gasteiger partial charge in [-0.25, -0.2) is 0 Å². The van der Waals surface area contributed by atoms with Gasteiger partial charge in [-0.1, -0.05) is 6.42 Å². The molecule has 2 heterocycles. The zero-order valence-electron chi connectivity index (χ0n) is 11.2. The summed E-state index contributed by atoms with van der Waals surface area (Å²) in [6, 6.07) is 6.34. The quantitative estimate of drug-likeness (QED) is 0.901. The van der Waals surface area contributed by atoms with E-state index in [1.54, 1.807) is 0 Å². The van der Waals surface area contributed by atoms with Crippen LogP contribution in [0.1, 0.15) is 25.7 Å². The van der Waals surface area contributed by atoms with Crippen LogP contribution in [0, 0.1) is 0 Å². The van der Waals surface area contributed by atoms with Gasteiger partial charge in [-0.2, -0.15) is 0 Å². The Labute approximate surface area is 119 Å². The predicted octanol–water partition coefficient (Wildman–Crippen LogP) is 3.08. The summed E-state index contributed by atoms with van der Waals surface area (Å²) in [6.07, 6.45) is 4.89. The summed E-state index contributed by atoms with van der Waals surface area (Å²) in [4.78, 5) is 1.29. The third kappa shape index (κ3) is 3.57. The number of thioether (sulfide) groups is 1. The number of benzene rings is 1. The van der Waals surface area contributed by atoms with Crippen LogP contribution in [0.5, 0.6) is 11.5 Å². The molecule has 0 amide bonds. The Hall–Kier alpha value is -0.870. The number of rotatable bonds is 2. The van der Waals surface area contributed by atoms with Crippen LogP contribution in [0.25, 0.3) is 0 Å². The van der Waals surface area contributed by atoms with Crippen molar-refractivity contribution in [2.45, 2.75) is 35.8 Å². The van der Waals surface area contributed by atoms with E-state index < -0.39 is 0 Å². The van der Waals surface area contributed by atoms with Gasteiger partial charge in [0.1, 0.15) is 0 Å². The zero-order valence-corrected chi connectivity index (χ0v) is 12.0. The van der Waals surface area contributed by atoms with E-state index in [0.29, 0.717) is 5.25 Å². The molecular weight excluding hydrogens is 258 g/mol. The Morgan fingerprint density at radius 1 is 1.05 bits per heavy atom. The van der Waals surface area contributed by atoms with Crippen LogP contribution in [0.3, 0.4) is 0 Å². The highest BCUT2D eigenvalue weighted by Gasteiger charge is 2.15. The molecule has 1 aromatic carbocycles. The highest BCUT2D eigenvalue weighted by atomic mass is 32.2. The van der Waals surface area contributed by atoms with Crippen LogP contribution in [0.15, 0.2) is 23.1 Å². The van der Waals surface area contributed by atoms with Crippen LogP contribution in [0.2, 0.25) is 0 Å². The number of ether oxygens (including phenoxy) is 2. The Morgan fingerprint density at radius 2 is 1.95 bits per heavy atom. The molecule has 0 spiro atoms. The number of hydrogen-bond acceptors (Lipinski definition) is 4. The minimum absolute atomic E-state index is 0.673. The fourth-order valence-corrected chi connectivity index (χ4v) is 3.69. The van der Waals surface area contributed by atoms with Crippen LogP contribution in [0.4, 0.5) is 0 Å². The largest absolute Gasteiger partial charge is 0.490 e. The zero-order chi connectivity index (χ0) is 12.9. The van der Waals surface area contributed by atoms with Crippen molar-refractivity contribution < 1.29 is 9.47 Å². The van der Waals surface area contributed by atoms with Crippen molar-refractivity contribution in [2.75, 3.05) is 26.3 Å². The maximum absolute atomic E-state index is 5.75. The van der Waals surface area contributed by atoms with Gasteiger partial charge in [0, 0.05) is 23.1 Å². The van der Waals surface area contributed by atoms with Gasteiger partial charge < -0.3 is 14.8 Å². The summed E-state index contributed by atoms with van der Waals surface area (Å²) in [5.74, 6) is 1.80.